The summed E-state index contributed by atoms with van der Waals surface area (Å²) < 4.78 is 1.77. The highest BCUT2D eigenvalue weighted by atomic mass is 32.2. The van der Waals surface area contributed by atoms with Gasteiger partial charge in [0, 0.05) is 6.54 Å². The van der Waals surface area contributed by atoms with Crippen LogP contribution in [0.15, 0.2) is 78.2 Å². The normalized spacial score (nSPS) is 10.8. The predicted molar refractivity (Wildman–Crippen MR) is 106 cm³/mol. The Morgan fingerprint density at radius 3 is 2.52 bits per heavy atom. The number of para-hydroxylation sites is 1. The largest absolute Gasteiger partial charge is 0.351 e. The van der Waals surface area contributed by atoms with Crippen molar-refractivity contribution >= 4 is 28.7 Å². The second-order valence-electron chi connectivity index (χ2n) is 5.86. The highest BCUT2D eigenvalue weighted by Crippen LogP contribution is 2.25. The predicted octanol–water partition coefficient (Wildman–Crippen LogP) is 3.22. The summed E-state index contributed by atoms with van der Waals surface area (Å²) in [4.78, 5) is 20.8. The van der Waals surface area contributed by atoms with Crippen LogP contribution in [-0.4, -0.2) is 31.4 Å². The van der Waals surface area contributed by atoms with E-state index in [4.69, 9.17) is 0 Å². The first-order chi connectivity index (χ1) is 13.3. The molecule has 6 nitrogen and oxygen atoms in total. The van der Waals surface area contributed by atoms with E-state index in [1.807, 2.05) is 60.7 Å². The van der Waals surface area contributed by atoms with Crippen LogP contribution >= 0.6 is 11.8 Å². The number of nitrogens with one attached hydrogen (secondary N) is 1. The number of thioether (sulfide) groups is 1. The van der Waals surface area contributed by atoms with Crippen molar-refractivity contribution in [2.24, 2.45) is 0 Å². The number of hydrogen-bond donors (Lipinski definition) is 1. The Hall–Kier alpha value is -3.19. The Bertz CT molecular complexity index is 1050. The first kappa shape index (κ1) is 17.2. The Morgan fingerprint density at radius 2 is 1.74 bits per heavy atom. The van der Waals surface area contributed by atoms with E-state index in [0.717, 1.165) is 27.3 Å². The average molecular weight is 375 g/mol. The molecule has 0 bridgehead atoms. The highest BCUT2D eigenvalue weighted by Gasteiger charge is 2.12. The first-order valence-electron chi connectivity index (χ1n) is 8.49. The minimum Gasteiger partial charge on any atom is -0.351 e. The summed E-state index contributed by atoms with van der Waals surface area (Å²) in [6, 6.07) is 19.6. The van der Waals surface area contributed by atoms with Gasteiger partial charge in [0.15, 0.2) is 5.65 Å². The maximum Gasteiger partial charge on any atom is 0.230 e. The van der Waals surface area contributed by atoms with Crippen LogP contribution in [0.1, 0.15) is 5.56 Å². The van der Waals surface area contributed by atoms with Crippen LogP contribution in [-0.2, 0) is 11.3 Å². The maximum absolute atomic E-state index is 12.2. The minimum absolute atomic E-state index is 0.0360. The lowest BCUT2D eigenvalue weighted by atomic mass is 10.2. The van der Waals surface area contributed by atoms with Crippen molar-refractivity contribution in [2.75, 3.05) is 5.75 Å². The van der Waals surface area contributed by atoms with Gasteiger partial charge in [0.1, 0.15) is 11.4 Å². The van der Waals surface area contributed by atoms with Crippen LogP contribution in [0.4, 0.5) is 0 Å². The lowest BCUT2D eigenvalue weighted by Gasteiger charge is -2.06. The number of carbonyl (C=O) groups is 1. The van der Waals surface area contributed by atoms with Crippen LogP contribution in [0.5, 0.6) is 0 Å². The number of fused-ring (bicyclic) bond motifs is 1. The molecule has 0 radical (unpaired) electrons. The van der Waals surface area contributed by atoms with Gasteiger partial charge in [-0.25, -0.2) is 14.6 Å². The number of carbonyl (C=O) groups excluding carboxylic acids is 1. The minimum atomic E-state index is -0.0360. The smallest absolute Gasteiger partial charge is 0.230 e. The van der Waals surface area contributed by atoms with E-state index in [9.17, 15) is 4.79 Å². The molecule has 7 heteroatoms. The second kappa shape index (κ2) is 8.01. The van der Waals surface area contributed by atoms with Crippen LogP contribution in [0.3, 0.4) is 0 Å². The van der Waals surface area contributed by atoms with Gasteiger partial charge in [-0.2, -0.15) is 5.10 Å². The van der Waals surface area contributed by atoms with Gasteiger partial charge in [-0.3, -0.25) is 4.79 Å². The molecular formula is C20H17N5OS. The summed E-state index contributed by atoms with van der Waals surface area (Å²) >= 11 is 1.39. The molecule has 0 saturated heterocycles. The van der Waals surface area contributed by atoms with Crippen molar-refractivity contribution in [2.45, 2.75) is 11.6 Å². The molecule has 0 saturated carbocycles. The van der Waals surface area contributed by atoms with E-state index in [-0.39, 0.29) is 11.7 Å². The van der Waals surface area contributed by atoms with Crippen LogP contribution < -0.4 is 5.32 Å². The van der Waals surface area contributed by atoms with Crippen molar-refractivity contribution in [3.05, 3.63) is 78.8 Å². The average Bonchev–Trinajstić information content (AvgIpc) is 3.17. The molecule has 4 rings (SSSR count). The molecule has 1 N–H and O–H groups in total. The number of nitrogens with zero attached hydrogens (tertiary/aromatic N) is 4. The maximum atomic E-state index is 12.2. The summed E-state index contributed by atoms with van der Waals surface area (Å²) in [7, 11) is 0. The number of benzene rings is 2. The van der Waals surface area contributed by atoms with Crippen molar-refractivity contribution < 1.29 is 4.79 Å². The monoisotopic (exact) mass is 375 g/mol. The third-order valence-corrected chi connectivity index (χ3v) is 5.01. The molecule has 0 fully saturated rings. The summed E-state index contributed by atoms with van der Waals surface area (Å²) in [5.41, 5.74) is 2.73. The summed E-state index contributed by atoms with van der Waals surface area (Å²) in [6.45, 7) is 0.519. The van der Waals surface area contributed by atoms with E-state index >= 15 is 0 Å². The lowest BCUT2D eigenvalue weighted by molar-refractivity contribution is -0.118. The third-order valence-electron chi connectivity index (χ3n) is 4.00. The molecule has 2 aromatic heterocycles. The van der Waals surface area contributed by atoms with Crippen molar-refractivity contribution in [3.63, 3.8) is 0 Å². The highest BCUT2D eigenvalue weighted by molar-refractivity contribution is 8.00. The third kappa shape index (κ3) is 3.98. The van der Waals surface area contributed by atoms with Crippen LogP contribution in [0.25, 0.3) is 16.7 Å². The van der Waals surface area contributed by atoms with Gasteiger partial charge in [0.25, 0.3) is 0 Å². The molecule has 2 aromatic carbocycles. The molecule has 1 amide bonds. The Labute approximate surface area is 160 Å². The quantitative estimate of drug-likeness (QED) is 0.414. The van der Waals surface area contributed by atoms with Gasteiger partial charge in [-0.15, -0.1) is 0 Å². The van der Waals surface area contributed by atoms with Crippen LogP contribution in [0.2, 0.25) is 0 Å². The fourth-order valence-electron chi connectivity index (χ4n) is 2.68. The summed E-state index contributed by atoms with van der Waals surface area (Å²) in [5.74, 6) is 0.251. The van der Waals surface area contributed by atoms with Crippen molar-refractivity contribution in [1.29, 1.82) is 0 Å². The molecule has 2 heterocycles. The van der Waals surface area contributed by atoms with E-state index in [2.05, 4.69) is 20.4 Å². The van der Waals surface area contributed by atoms with E-state index in [1.165, 1.54) is 18.1 Å². The Morgan fingerprint density at radius 1 is 1.00 bits per heavy atom. The zero-order valence-electron chi connectivity index (χ0n) is 14.4. The van der Waals surface area contributed by atoms with Gasteiger partial charge in [0.2, 0.25) is 5.91 Å². The number of rotatable bonds is 6. The molecule has 0 unspecified atom stereocenters. The molecule has 4 aromatic rings. The van der Waals surface area contributed by atoms with Crippen molar-refractivity contribution in [1.82, 2.24) is 25.1 Å². The molecule has 0 spiro atoms. The van der Waals surface area contributed by atoms with Gasteiger partial charge in [-0.05, 0) is 17.7 Å². The van der Waals surface area contributed by atoms with Gasteiger partial charge >= 0.3 is 0 Å². The van der Waals surface area contributed by atoms with E-state index in [1.54, 1.807) is 10.9 Å². The second-order valence-corrected chi connectivity index (χ2v) is 6.82. The molecule has 0 aliphatic carbocycles. The number of aromatic nitrogens is 4. The first-order valence-corrected chi connectivity index (χ1v) is 9.47. The molecule has 0 atom stereocenters. The molecular weight excluding hydrogens is 358 g/mol. The molecule has 134 valence electrons. The van der Waals surface area contributed by atoms with Crippen LogP contribution in [0, 0.1) is 0 Å². The molecule has 0 aliphatic rings. The Kier molecular flexibility index (Phi) is 5.11. The Balaban J connectivity index is 1.45. The number of amides is 1. The van der Waals surface area contributed by atoms with E-state index in [0.29, 0.717) is 6.54 Å². The fraction of sp³-hybridized carbons (Fsp3) is 0.100. The zero-order valence-corrected chi connectivity index (χ0v) is 15.3. The van der Waals surface area contributed by atoms with Gasteiger partial charge in [0.05, 0.1) is 23.0 Å². The molecule has 27 heavy (non-hydrogen) atoms. The fourth-order valence-corrected chi connectivity index (χ4v) is 3.47. The topological polar surface area (TPSA) is 72.7 Å². The SMILES string of the molecule is O=C(CSc1ncnc2c1cnn2-c1ccccc1)NCc1ccccc1. The summed E-state index contributed by atoms with van der Waals surface area (Å²) in [5, 5.41) is 8.94. The zero-order chi connectivity index (χ0) is 18.5. The lowest BCUT2D eigenvalue weighted by Crippen LogP contribution is -2.24. The number of hydrogen-bond acceptors (Lipinski definition) is 5. The van der Waals surface area contributed by atoms with Crippen molar-refractivity contribution in [3.8, 4) is 5.69 Å². The standard InChI is InChI=1S/C20H17N5OS/c26-18(21-11-15-7-3-1-4-8-15)13-27-20-17-12-24-25(19(17)22-14-23-20)16-9-5-2-6-10-16/h1-10,12,14H,11,13H2,(H,21,26). The van der Waals surface area contributed by atoms with Gasteiger partial charge in [-0.1, -0.05) is 60.3 Å². The summed E-state index contributed by atoms with van der Waals surface area (Å²) in [6.07, 6.45) is 3.25. The van der Waals surface area contributed by atoms with Gasteiger partial charge < -0.3 is 5.32 Å². The van der Waals surface area contributed by atoms with E-state index < -0.39 is 0 Å². The molecule has 0 aliphatic heterocycles.